The number of nitrogens with zero attached hydrogens (tertiary/aromatic N) is 2. The van der Waals surface area contributed by atoms with E-state index < -0.39 is 0 Å². The van der Waals surface area contributed by atoms with Crippen LogP contribution in [-0.4, -0.2) is 22.3 Å². The van der Waals surface area contributed by atoms with Crippen LogP contribution >= 0.6 is 15.9 Å². The lowest BCUT2D eigenvalue weighted by Gasteiger charge is -2.20. The molecule has 0 fully saturated rings. The summed E-state index contributed by atoms with van der Waals surface area (Å²) in [6.45, 7) is 2.60. The van der Waals surface area contributed by atoms with Crippen molar-refractivity contribution in [2.75, 3.05) is 11.9 Å². The number of amides is 1. The number of pyridine rings is 1. The van der Waals surface area contributed by atoms with Crippen molar-refractivity contribution in [3.63, 3.8) is 0 Å². The minimum absolute atomic E-state index is 0.000248. The lowest BCUT2D eigenvalue weighted by molar-refractivity contribution is -0.129. The average molecular weight is 428 g/mol. The van der Waals surface area contributed by atoms with Crippen LogP contribution in [0.15, 0.2) is 53.0 Å². The third-order valence-electron chi connectivity index (χ3n) is 4.95. The molecule has 0 radical (unpaired) electrons. The summed E-state index contributed by atoms with van der Waals surface area (Å²) in [7, 11) is 0. The van der Waals surface area contributed by atoms with Gasteiger partial charge in [0.05, 0.1) is 11.6 Å². The second-order valence-corrected chi connectivity index (χ2v) is 7.72. The lowest BCUT2D eigenvalue weighted by Crippen LogP contribution is -2.28. The van der Waals surface area contributed by atoms with Crippen molar-refractivity contribution in [1.29, 1.82) is 0 Å². The first-order valence-electron chi connectivity index (χ1n) is 8.86. The van der Waals surface area contributed by atoms with Gasteiger partial charge in [0, 0.05) is 29.9 Å². The van der Waals surface area contributed by atoms with Gasteiger partial charge in [0.2, 0.25) is 5.91 Å². The smallest absolute Gasteiger partial charge is 0.219 e. The molecule has 1 aromatic heterocycles. The van der Waals surface area contributed by atoms with Gasteiger partial charge in [-0.15, -0.1) is 0 Å². The fourth-order valence-electron chi connectivity index (χ4n) is 3.55. The van der Waals surface area contributed by atoms with Gasteiger partial charge in [0.1, 0.15) is 11.6 Å². The largest absolute Gasteiger partial charge is 0.363 e. The zero-order valence-corrected chi connectivity index (χ0v) is 16.5. The maximum Gasteiger partial charge on any atom is 0.219 e. The monoisotopic (exact) mass is 427 g/mol. The van der Waals surface area contributed by atoms with Gasteiger partial charge in [-0.1, -0.05) is 22.0 Å². The van der Waals surface area contributed by atoms with Gasteiger partial charge in [-0.3, -0.25) is 4.79 Å². The second kappa shape index (κ2) is 7.27. The maximum absolute atomic E-state index is 13.8. The molecule has 0 bridgehead atoms. The molecular formula is C21H19BrFN3O. The summed E-state index contributed by atoms with van der Waals surface area (Å²) in [4.78, 5) is 18.3. The lowest BCUT2D eigenvalue weighted by atomic mass is 9.99. The summed E-state index contributed by atoms with van der Waals surface area (Å²) in [5.74, 6) is 0.481. The SMILES string of the molecule is CC(=O)N1CCC(Nc2ccc3cc(Br)ccc3n2)c2ccc(F)cc2C1. The van der Waals surface area contributed by atoms with E-state index in [4.69, 9.17) is 4.98 Å². The predicted molar refractivity (Wildman–Crippen MR) is 108 cm³/mol. The Morgan fingerprint density at radius 2 is 2.07 bits per heavy atom. The molecule has 0 saturated carbocycles. The quantitative estimate of drug-likeness (QED) is 0.622. The van der Waals surface area contributed by atoms with E-state index in [0.717, 1.165) is 38.7 Å². The summed E-state index contributed by atoms with van der Waals surface area (Å²) < 4.78 is 14.8. The zero-order valence-electron chi connectivity index (χ0n) is 14.9. The highest BCUT2D eigenvalue weighted by Gasteiger charge is 2.24. The fraction of sp³-hybridized carbons (Fsp3) is 0.238. The number of nitrogens with one attached hydrogen (secondary N) is 1. The molecule has 27 heavy (non-hydrogen) atoms. The number of hydrogen-bond donors (Lipinski definition) is 1. The number of fused-ring (bicyclic) bond motifs is 2. The third kappa shape index (κ3) is 3.81. The molecule has 1 aliphatic rings. The minimum atomic E-state index is -0.285. The van der Waals surface area contributed by atoms with Crippen LogP contribution in [0.2, 0.25) is 0 Å². The van der Waals surface area contributed by atoms with E-state index >= 15 is 0 Å². The maximum atomic E-state index is 13.8. The number of anilines is 1. The van der Waals surface area contributed by atoms with Crippen LogP contribution in [0.4, 0.5) is 10.2 Å². The Labute approximate surface area is 165 Å². The van der Waals surface area contributed by atoms with Gasteiger partial charge in [-0.25, -0.2) is 9.37 Å². The Hall–Kier alpha value is -2.47. The van der Waals surface area contributed by atoms with Crippen molar-refractivity contribution in [1.82, 2.24) is 9.88 Å². The molecule has 1 atom stereocenters. The van der Waals surface area contributed by atoms with Crippen molar-refractivity contribution in [3.8, 4) is 0 Å². The number of rotatable bonds is 2. The van der Waals surface area contributed by atoms with E-state index in [9.17, 15) is 9.18 Å². The van der Waals surface area contributed by atoms with Gasteiger partial charge in [-0.05, 0) is 60.0 Å². The number of aromatic nitrogens is 1. The van der Waals surface area contributed by atoms with Crippen molar-refractivity contribution in [2.45, 2.75) is 25.9 Å². The van der Waals surface area contributed by atoms with Crippen LogP contribution in [0.3, 0.4) is 0 Å². The molecule has 4 rings (SSSR count). The van der Waals surface area contributed by atoms with E-state index in [1.807, 2.05) is 36.4 Å². The molecule has 1 unspecified atom stereocenters. The average Bonchev–Trinajstić information content (AvgIpc) is 2.81. The number of halogens is 2. The van der Waals surface area contributed by atoms with Crippen LogP contribution in [0, 0.1) is 5.82 Å². The molecule has 2 aromatic carbocycles. The van der Waals surface area contributed by atoms with Crippen LogP contribution in [0.1, 0.15) is 30.5 Å². The first-order valence-corrected chi connectivity index (χ1v) is 9.65. The normalized spacial score (nSPS) is 16.7. The molecular weight excluding hydrogens is 409 g/mol. The topological polar surface area (TPSA) is 45.2 Å². The molecule has 0 spiro atoms. The molecule has 1 amide bonds. The van der Waals surface area contributed by atoms with E-state index in [0.29, 0.717) is 13.1 Å². The molecule has 6 heteroatoms. The molecule has 1 N–H and O–H groups in total. The van der Waals surface area contributed by atoms with E-state index in [2.05, 4.69) is 21.2 Å². The van der Waals surface area contributed by atoms with Crippen LogP contribution in [-0.2, 0) is 11.3 Å². The van der Waals surface area contributed by atoms with Crippen molar-refractivity contribution < 1.29 is 9.18 Å². The van der Waals surface area contributed by atoms with Crippen molar-refractivity contribution in [3.05, 3.63) is 69.9 Å². The molecule has 138 valence electrons. The molecule has 3 aromatic rings. The van der Waals surface area contributed by atoms with Crippen molar-refractivity contribution >= 4 is 38.6 Å². The Balaban J connectivity index is 1.67. The Morgan fingerprint density at radius 1 is 1.22 bits per heavy atom. The number of benzene rings is 2. The van der Waals surface area contributed by atoms with Gasteiger partial charge >= 0.3 is 0 Å². The van der Waals surface area contributed by atoms with Crippen LogP contribution < -0.4 is 5.32 Å². The highest BCUT2D eigenvalue weighted by molar-refractivity contribution is 9.10. The zero-order chi connectivity index (χ0) is 19.0. The van der Waals surface area contributed by atoms with Crippen molar-refractivity contribution in [2.24, 2.45) is 0 Å². The molecule has 2 heterocycles. The summed E-state index contributed by atoms with van der Waals surface area (Å²) in [5, 5.41) is 4.54. The van der Waals surface area contributed by atoms with Gasteiger partial charge in [0.15, 0.2) is 0 Å². The summed E-state index contributed by atoms with van der Waals surface area (Å²) in [6, 6.07) is 14.7. The summed E-state index contributed by atoms with van der Waals surface area (Å²) in [5.41, 5.74) is 2.75. The highest BCUT2D eigenvalue weighted by Crippen LogP contribution is 2.31. The first-order chi connectivity index (χ1) is 13.0. The molecule has 0 aliphatic carbocycles. The van der Waals surface area contributed by atoms with E-state index in [1.165, 1.54) is 12.1 Å². The predicted octanol–water partition coefficient (Wildman–Crippen LogP) is 5.04. The van der Waals surface area contributed by atoms with Gasteiger partial charge < -0.3 is 10.2 Å². The first kappa shape index (κ1) is 17.9. The Bertz CT molecular complexity index is 1020. The summed E-state index contributed by atoms with van der Waals surface area (Å²) >= 11 is 3.47. The van der Waals surface area contributed by atoms with Crippen LogP contribution in [0.25, 0.3) is 10.9 Å². The second-order valence-electron chi connectivity index (χ2n) is 6.80. The Morgan fingerprint density at radius 3 is 2.89 bits per heavy atom. The molecule has 1 aliphatic heterocycles. The van der Waals surface area contributed by atoms with Crippen LogP contribution in [0.5, 0.6) is 0 Å². The molecule has 4 nitrogen and oxygen atoms in total. The van der Waals surface area contributed by atoms with Gasteiger partial charge in [-0.2, -0.15) is 0 Å². The Kier molecular flexibility index (Phi) is 4.83. The molecule has 0 saturated heterocycles. The number of hydrogen-bond acceptors (Lipinski definition) is 3. The third-order valence-corrected chi connectivity index (χ3v) is 5.44. The standard InChI is InChI=1S/C21H19BrFN3O/c1-13(27)26-9-8-20(18-5-4-17(23)11-15(18)12-26)25-21-7-2-14-10-16(22)3-6-19(14)24-21/h2-7,10-11,20H,8-9,12H2,1H3,(H,24,25). The summed E-state index contributed by atoms with van der Waals surface area (Å²) in [6.07, 6.45) is 0.734. The number of carbonyl (C=O) groups excluding carboxylic acids is 1. The minimum Gasteiger partial charge on any atom is -0.363 e. The van der Waals surface area contributed by atoms with E-state index in [-0.39, 0.29) is 17.8 Å². The highest BCUT2D eigenvalue weighted by atomic mass is 79.9. The number of carbonyl (C=O) groups is 1. The van der Waals surface area contributed by atoms with Gasteiger partial charge in [0.25, 0.3) is 0 Å². The van der Waals surface area contributed by atoms with E-state index in [1.54, 1.807) is 11.8 Å². The fourth-order valence-corrected chi connectivity index (χ4v) is 3.93.